The quantitative estimate of drug-likeness (QED) is 0.498. The van der Waals surface area contributed by atoms with E-state index in [1.165, 1.54) is 11.2 Å². The van der Waals surface area contributed by atoms with Gasteiger partial charge in [-0.05, 0) is 17.9 Å². The maximum atomic E-state index is 11.6. The number of thiophene rings is 1. The number of rotatable bonds is 10. The first kappa shape index (κ1) is 19.1. The van der Waals surface area contributed by atoms with Crippen LogP contribution in [0.4, 0.5) is 17.3 Å². The summed E-state index contributed by atoms with van der Waals surface area (Å²) in [6, 6.07) is 7.96. The van der Waals surface area contributed by atoms with E-state index in [-0.39, 0.29) is 43.3 Å². The van der Waals surface area contributed by atoms with E-state index in [1.807, 2.05) is 29.7 Å². The number of hydrogen-bond donors (Lipinski definition) is 1. The predicted octanol–water partition coefficient (Wildman–Crippen LogP) is 2.73. The van der Waals surface area contributed by atoms with Crippen molar-refractivity contribution in [3.63, 3.8) is 0 Å². The summed E-state index contributed by atoms with van der Waals surface area (Å²) in [6.45, 7) is 1.00. The highest BCUT2D eigenvalue weighted by Crippen LogP contribution is 2.32. The van der Waals surface area contributed by atoms with Crippen molar-refractivity contribution in [2.45, 2.75) is 19.3 Å². The third kappa shape index (κ3) is 5.13. The van der Waals surface area contributed by atoms with Crippen molar-refractivity contribution < 1.29 is 4.92 Å². The Hall–Kier alpha value is -3.24. The Bertz CT molecular complexity index is 793. The van der Waals surface area contributed by atoms with Crippen LogP contribution >= 0.6 is 11.3 Å². The maximum Gasteiger partial charge on any atom is 0.353 e. The van der Waals surface area contributed by atoms with Gasteiger partial charge in [0.1, 0.15) is 6.33 Å². The van der Waals surface area contributed by atoms with Crippen molar-refractivity contribution in [2.75, 3.05) is 29.9 Å². The molecule has 0 fully saturated rings. The third-order valence-corrected chi connectivity index (χ3v) is 4.45. The molecule has 2 rings (SSSR count). The van der Waals surface area contributed by atoms with Crippen molar-refractivity contribution in [2.24, 2.45) is 0 Å². The third-order valence-electron chi connectivity index (χ3n) is 3.52. The molecule has 2 aromatic heterocycles. The molecule has 10 heteroatoms. The van der Waals surface area contributed by atoms with Crippen LogP contribution in [0.25, 0.3) is 0 Å². The number of anilines is 2. The van der Waals surface area contributed by atoms with Crippen molar-refractivity contribution in [1.29, 1.82) is 10.5 Å². The normalized spacial score (nSPS) is 9.92. The van der Waals surface area contributed by atoms with Gasteiger partial charge in [0.15, 0.2) is 0 Å². The maximum absolute atomic E-state index is 11.6. The molecule has 0 aliphatic heterocycles. The molecular formula is C16H17N7O2S. The van der Waals surface area contributed by atoms with Crippen LogP contribution in [0.1, 0.15) is 17.7 Å². The number of nitriles is 2. The molecule has 1 N–H and O–H groups in total. The van der Waals surface area contributed by atoms with E-state index in [9.17, 15) is 10.1 Å². The summed E-state index contributed by atoms with van der Waals surface area (Å²) in [5.74, 6) is 0.254. The molecule has 2 aromatic rings. The fourth-order valence-corrected chi connectivity index (χ4v) is 3.06. The Labute approximate surface area is 154 Å². The lowest BCUT2D eigenvalue weighted by atomic mass is 10.3. The van der Waals surface area contributed by atoms with Gasteiger partial charge in [-0.15, -0.1) is 11.3 Å². The fraction of sp³-hybridized carbons (Fsp3) is 0.375. The van der Waals surface area contributed by atoms with E-state index >= 15 is 0 Å². The van der Waals surface area contributed by atoms with Crippen LogP contribution in [0.2, 0.25) is 0 Å². The Morgan fingerprint density at radius 3 is 2.58 bits per heavy atom. The number of aromatic nitrogens is 2. The number of nitrogens with one attached hydrogen (secondary N) is 1. The summed E-state index contributed by atoms with van der Waals surface area (Å²) >= 11 is 1.62. The van der Waals surface area contributed by atoms with Gasteiger partial charge in [-0.25, -0.2) is 9.97 Å². The zero-order valence-corrected chi connectivity index (χ0v) is 14.8. The topological polar surface area (TPSA) is 132 Å². The fourth-order valence-electron chi connectivity index (χ4n) is 2.35. The number of nitro groups is 1. The minimum Gasteiger partial charge on any atom is -0.364 e. The zero-order valence-electron chi connectivity index (χ0n) is 14.0. The lowest BCUT2D eigenvalue weighted by Gasteiger charge is -2.21. The van der Waals surface area contributed by atoms with E-state index in [1.54, 1.807) is 16.2 Å². The molecule has 0 saturated carbocycles. The minimum atomic E-state index is -0.533. The van der Waals surface area contributed by atoms with Crippen molar-refractivity contribution in [3.8, 4) is 12.1 Å². The minimum absolute atomic E-state index is 0.120. The molecule has 26 heavy (non-hydrogen) atoms. The molecule has 0 saturated heterocycles. The Kier molecular flexibility index (Phi) is 7.28. The van der Waals surface area contributed by atoms with Crippen LogP contribution in [0, 0.1) is 32.8 Å². The molecular weight excluding hydrogens is 354 g/mol. The summed E-state index contributed by atoms with van der Waals surface area (Å²) < 4.78 is 0. The van der Waals surface area contributed by atoms with Gasteiger partial charge in [0.2, 0.25) is 11.6 Å². The van der Waals surface area contributed by atoms with Gasteiger partial charge < -0.3 is 10.2 Å². The largest absolute Gasteiger partial charge is 0.364 e. The van der Waals surface area contributed by atoms with Gasteiger partial charge in [-0.3, -0.25) is 10.1 Å². The highest BCUT2D eigenvalue weighted by molar-refractivity contribution is 7.09. The summed E-state index contributed by atoms with van der Waals surface area (Å²) in [6.07, 6.45) is 2.32. The molecule has 0 bridgehead atoms. The Balaban J connectivity index is 2.23. The molecule has 0 amide bonds. The zero-order chi connectivity index (χ0) is 18.8. The smallest absolute Gasteiger partial charge is 0.353 e. The summed E-state index contributed by atoms with van der Waals surface area (Å²) in [5.41, 5.74) is -0.241. The highest BCUT2D eigenvalue weighted by atomic mass is 32.1. The van der Waals surface area contributed by atoms with Crippen LogP contribution in [0.3, 0.4) is 0 Å². The first-order chi connectivity index (χ1) is 12.7. The van der Waals surface area contributed by atoms with Gasteiger partial charge in [-0.2, -0.15) is 10.5 Å². The van der Waals surface area contributed by atoms with Gasteiger partial charge in [0.25, 0.3) is 0 Å². The van der Waals surface area contributed by atoms with Crippen LogP contribution in [0.5, 0.6) is 0 Å². The van der Waals surface area contributed by atoms with E-state index in [0.717, 1.165) is 6.42 Å². The lowest BCUT2D eigenvalue weighted by molar-refractivity contribution is -0.383. The van der Waals surface area contributed by atoms with Crippen LogP contribution in [-0.4, -0.2) is 34.5 Å². The Morgan fingerprint density at radius 2 is 2.00 bits per heavy atom. The van der Waals surface area contributed by atoms with E-state index in [4.69, 9.17) is 10.5 Å². The predicted molar refractivity (Wildman–Crippen MR) is 97.9 cm³/mol. The highest BCUT2D eigenvalue weighted by Gasteiger charge is 2.26. The molecule has 0 aromatic carbocycles. The number of nitrogens with zero attached hydrogens (tertiary/aromatic N) is 6. The van der Waals surface area contributed by atoms with Crippen LogP contribution in [0.15, 0.2) is 23.8 Å². The standard InChI is InChI=1S/C16H17N7O2S/c17-6-2-9-22(10-3-7-18)16-14(23(24)25)15(20-12-21-16)19-8-5-13-4-1-11-26-13/h1,4,11-12H,2-3,5,8-10H2,(H,19,20,21). The monoisotopic (exact) mass is 371 g/mol. The molecule has 134 valence electrons. The second kappa shape index (κ2) is 9.91. The first-order valence-electron chi connectivity index (χ1n) is 7.92. The van der Waals surface area contributed by atoms with E-state index in [0.29, 0.717) is 6.54 Å². The van der Waals surface area contributed by atoms with Gasteiger partial charge in [-0.1, -0.05) is 6.07 Å². The molecule has 0 unspecified atom stereocenters. The first-order valence-corrected chi connectivity index (χ1v) is 8.79. The second-order valence-electron chi connectivity index (χ2n) is 5.21. The summed E-state index contributed by atoms with van der Waals surface area (Å²) in [7, 11) is 0. The summed E-state index contributed by atoms with van der Waals surface area (Å²) in [5, 5.41) is 34.2. The van der Waals surface area contributed by atoms with Gasteiger partial charge in [0, 0.05) is 24.5 Å². The molecule has 0 atom stereocenters. The summed E-state index contributed by atoms with van der Waals surface area (Å²) in [4.78, 5) is 21.9. The SMILES string of the molecule is N#CCCN(CCC#N)c1ncnc(NCCc2cccs2)c1[N+](=O)[O-]. The molecule has 0 spiro atoms. The van der Waals surface area contributed by atoms with Crippen LogP contribution < -0.4 is 10.2 Å². The molecule has 9 nitrogen and oxygen atoms in total. The van der Waals surface area contributed by atoms with Gasteiger partial charge in [0.05, 0.1) is 29.9 Å². The van der Waals surface area contributed by atoms with E-state index < -0.39 is 4.92 Å². The molecule has 2 heterocycles. The van der Waals surface area contributed by atoms with Crippen molar-refractivity contribution >= 4 is 28.7 Å². The average Bonchev–Trinajstić information content (AvgIpc) is 3.15. The van der Waals surface area contributed by atoms with Crippen molar-refractivity contribution in [3.05, 3.63) is 38.8 Å². The molecule has 0 aliphatic carbocycles. The number of hydrogen-bond acceptors (Lipinski definition) is 9. The van der Waals surface area contributed by atoms with Crippen LogP contribution in [-0.2, 0) is 6.42 Å². The second-order valence-corrected chi connectivity index (χ2v) is 6.24. The average molecular weight is 371 g/mol. The lowest BCUT2D eigenvalue weighted by Crippen LogP contribution is -2.27. The van der Waals surface area contributed by atoms with Gasteiger partial charge >= 0.3 is 5.69 Å². The van der Waals surface area contributed by atoms with E-state index in [2.05, 4.69) is 15.3 Å². The van der Waals surface area contributed by atoms with Crippen molar-refractivity contribution in [1.82, 2.24) is 9.97 Å². The Morgan fingerprint density at radius 1 is 1.27 bits per heavy atom. The molecule has 0 aliphatic rings. The molecule has 0 radical (unpaired) electrons.